The molecule has 0 aliphatic rings. The van der Waals surface area contributed by atoms with Crippen molar-refractivity contribution in [2.45, 2.75) is 13.8 Å². The van der Waals surface area contributed by atoms with Crippen LogP contribution >= 0.6 is 0 Å². The number of nitrogens with zero attached hydrogens (tertiary/aromatic N) is 1. The fourth-order valence-corrected chi connectivity index (χ4v) is 2.85. The number of benzene rings is 1. The normalized spacial score (nSPS) is 10.6. The van der Waals surface area contributed by atoms with E-state index in [-0.39, 0.29) is 29.4 Å². The Labute approximate surface area is 156 Å². The minimum Gasteiger partial charge on any atom is -0.497 e. The Hall–Kier alpha value is -3.41. The van der Waals surface area contributed by atoms with Crippen LogP contribution in [0.4, 0.5) is 0 Å². The van der Waals surface area contributed by atoms with Crippen molar-refractivity contribution in [3.8, 4) is 5.75 Å². The third-order valence-corrected chi connectivity index (χ3v) is 4.25. The summed E-state index contributed by atoms with van der Waals surface area (Å²) in [5.41, 5.74) is 1.96. The third-order valence-electron chi connectivity index (χ3n) is 4.25. The lowest BCUT2D eigenvalue weighted by molar-refractivity contribution is 0.0528. The van der Waals surface area contributed by atoms with Crippen LogP contribution in [0.5, 0.6) is 5.75 Å². The molecule has 0 unspecified atom stereocenters. The van der Waals surface area contributed by atoms with E-state index in [1.165, 1.54) is 13.0 Å². The van der Waals surface area contributed by atoms with E-state index in [9.17, 15) is 14.4 Å². The molecule has 6 nitrogen and oxygen atoms in total. The van der Waals surface area contributed by atoms with Crippen LogP contribution in [0.25, 0.3) is 5.52 Å². The van der Waals surface area contributed by atoms with Gasteiger partial charge in [-0.2, -0.15) is 0 Å². The Bertz CT molecular complexity index is 1030. The summed E-state index contributed by atoms with van der Waals surface area (Å²) in [5, 5.41) is 0. The molecule has 0 saturated heterocycles. The smallest absolute Gasteiger partial charge is 0.340 e. The number of Topliss-reactive ketones (excluding diaryl/α,β-unsaturated/α-hetero) is 1. The number of aromatic nitrogens is 1. The number of carbonyl (C=O) groups excluding carboxylic acids is 3. The van der Waals surface area contributed by atoms with Crippen LogP contribution in [0.3, 0.4) is 0 Å². The standard InChI is InChI=1S/C21H19NO5/c1-4-27-21(25)17-11-19(20(24)14-5-8-16(26-3)9-6-14)22-12-15(13(2)23)7-10-18(17)22/h5-12H,4H2,1-3H3. The number of fused-ring (bicyclic) bond motifs is 1. The monoisotopic (exact) mass is 365 g/mol. The molecule has 0 radical (unpaired) electrons. The van der Waals surface area contributed by atoms with Crippen molar-refractivity contribution >= 4 is 23.1 Å². The average molecular weight is 365 g/mol. The van der Waals surface area contributed by atoms with Crippen LogP contribution in [0.2, 0.25) is 0 Å². The minimum absolute atomic E-state index is 0.133. The molecule has 2 aromatic heterocycles. The highest BCUT2D eigenvalue weighted by Gasteiger charge is 2.22. The van der Waals surface area contributed by atoms with Crippen molar-refractivity contribution < 1.29 is 23.9 Å². The third kappa shape index (κ3) is 3.46. The highest BCUT2D eigenvalue weighted by atomic mass is 16.5. The summed E-state index contributed by atoms with van der Waals surface area (Å²) >= 11 is 0. The fraction of sp³-hybridized carbons (Fsp3) is 0.190. The van der Waals surface area contributed by atoms with Gasteiger partial charge in [0.25, 0.3) is 0 Å². The van der Waals surface area contributed by atoms with Crippen LogP contribution in [-0.4, -0.2) is 35.7 Å². The first-order valence-corrected chi connectivity index (χ1v) is 8.48. The largest absolute Gasteiger partial charge is 0.497 e. The van der Waals surface area contributed by atoms with Gasteiger partial charge in [-0.3, -0.25) is 9.59 Å². The molecule has 0 N–H and O–H groups in total. The van der Waals surface area contributed by atoms with Gasteiger partial charge in [0.2, 0.25) is 5.78 Å². The highest BCUT2D eigenvalue weighted by Crippen LogP contribution is 2.23. The van der Waals surface area contributed by atoms with Gasteiger partial charge in [0.1, 0.15) is 5.75 Å². The molecule has 27 heavy (non-hydrogen) atoms. The molecule has 0 amide bonds. The predicted molar refractivity (Wildman–Crippen MR) is 99.8 cm³/mol. The van der Waals surface area contributed by atoms with E-state index in [0.717, 1.165) is 0 Å². The maximum atomic E-state index is 13.0. The van der Waals surface area contributed by atoms with Crippen molar-refractivity contribution in [1.82, 2.24) is 4.40 Å². The first-order chi connectivity index (χ1) is 13.0. The van der Waals surface area contributed by atoms with Crippen LogP contribution in [0.1, 0.15) is 50.6 Å². The predicted octanol–water partition coefficient (Wildman–Crippen LogP) is 3.56. The number of ether oxygens (including phenoxy) is 2. The molecule has 0 atom stereocenters. The molecule has 0 aliphatic carbocycles. The van der Waals surface area contributed by atoms with E-state index in [4.69, 9.17) is 9.47 Å². The van der Waals surface area contributed by atoms with Gasteiger partial charge < -0.3 is 13.9 Å². The van der Waals surface area contributed by atoms with E-state index in [0.29, 0.717) is 22.4 Å². The summed E-state index contributed by atoms with van der Waals surface area (Å²) in [7, 11) is 1.55. The molecule has 0 spiro atoms. The van der Waals surface area contributed by atoms with E-state index < -0.39 is 5.97 Å². The number of hydrogen-bond acceptors (Lipinski definition) is 5. The molecular formula is C21H19NO5. The van der Waals surface area contributed by atoms with Gasteiger partial charge in [-0.05, 0) is 56.3 Å². The second kappa shape index (κ2) is 7.45. The molecular weight excluding hydrogens is 346 g/mol. The van der Waals surface area contributed by atoms with Crippen LogP contribution in [0, 0.1) is 0 Å². The first-order valence-electron chi connectivity index (χ1n) is 8.48. The molecule has 1 aromatic carbocycles. The van der Waals surface area contributed by atoms with Gasteiger partial charge in [-0.15, -0.1) is 0 Å². The lowest BCUT2D eigenvalue weighted by Gasteiger charge is -2.06. The molecule has 0 fully saturated rings. The Morgan fingerprint density at radius 3 is 2.26 bits per heavy atom. The molecule has 3 aromatic rings. The van der Waals surface area contributed by atoms with Gasteiger partial charge in [-0.25, -0.2) is 4.79 Å². The van der Waals surface area contributed by atoms with Gasteiger partial charge in [0.05, 0.1) is 30.5 Å². The zero-order valence-corrected chi connectivity index (χ0v) is 15.3. The second-order valence-electron chi connectivity index (χ2n) is 5.95. The summed E-state index contributed by atoms with van der Waals surface area (Å²) in [6.45, 7) is 3.39. The number of pyridine rings is 1. The van der Waals surface area contributed by atoms with Crippen molar-refractivity contribution in [2.24, 2.45) is 0 Å². The van der Waals surface area contributed by atoms with Crippen LogP contribution < -0.4 is 4.74 Å². The number of hydrogen-bond donors (Lipinski definition) is 0. The van der Waals surface area contributed by atoms with Crippen molar-refractivity contribution in [2.75, 3.05) is 13.7 Å². The maximum Gasteiger partial charge on any atom is 0.340 e. The van der Waals surface area contributed by atoms with Crippen molar-refractivity contribution in [3.63, 3.8) is 0 Å². The SMILES string of the molecule is CCOC(=O)c1cc(C(=O)c2ccc(OC)cc2)n2cc(C(C)=O)ccc12. The molecule has 0 bridgehead atoms. The van der Waals surface area contributed by atoms with Crippen molar-refractivity contribution in [1.29, 1.82) is 0 Å². The van der Waals surface area contributed by atoms with Crippen LogP contribution in [0.15, 0.2) is 48.7 Å². The Morgan fingerprint density at radius 2 is 1.67 bits per heavy atom. The molecule has 2 heterocycles. The Kier molecular flexibility index (Phi) is 5.07. The number of carbonyl (C=O) groups is 3. The maximum absolute atomic E-state index is 13.0. The van der Waals surface area contributed by atoms with E-state index >= 15 is 0 Å². The zero-order valence-electron chi connectivity index (χ0n) is 15.3. The Morgan fingerprint density at radius 1 is 1.00 bits per heavy atom. The molecule has 0 aliphatic heterocycles. The number of methoxy groups -OCH3 is 1. The lowest BCUT2D eigenvalue weighted by Crippen LogP contribution is -2.06. The first kappa shape index (κ1) is 18.4. The highest BCUT2D eigenvalue weighted by molar-refractivity contribution is 6.11. The number of ketones is 2. The summed E-state index contributed by atoms with van der Waals surface area (Å²) in [5.74, 6) is -0.285. The van der Waals surface area contributed by atoms with Crippen molar-refractivity contribution in [3.05, 3.63) is 71.0 Å². The van der Waals surface area contributed by atoms with E-state index in [2.05, 4.69) is 0 Å². The lowest BCUT2D eigenvalue weighted by atomic mass is 10.1. The molecule has 0 saturated carbocycles. The molecule has 3 rings (SSSR count). The van der Waals surface area contributed by atoms with Gasteiger partial charge >= 0.3 is 5.97 Å². The van der Waals surface area contributed by atoms with E-state index in [1.54, 1.807) is 61.0 Å². The topological polar surface area (TPSA) is 74.1 Å². The zero-order chi connectivity index (χ0) is 19.6. The molecule has 138 valence electrons. The summed E-state index contributed by atoms with van der Waals surface area (Å²) in [6, 6.07) is 11.5. The molecule has 6 heteroatoms. The summed E-state index contributed by atoms with van der Waals surface area (Å²) < 4.78 is 11.8. The van der Waals surface area contributed by atoms with Gasteiger partial charge in [0, 0.05) is 17.3 Å². The summed E-state index contributed by atoms with van der Waals surface area (Å²) in [6.07, 6.45) is 1.57. The summed E-state index contributed by atoms with van der Waals surface area (Å²) in [4.78, 5) is 37.1. The number of rotatable bonds is 6. The van der Waals surface area contributed by atoms with E-state index in [1.807, 2.05) is 0 Å². The van der Waals surface area contributed by atoms with Gasteiger partial charge in [-0.1, -0.05) is 0 Å². The second-order valence-corrected chi connectivity index (χ2v) is 5.95. The quantitative estimate of drug-likeness (QED) is 0.493. The van der Waals surface area contributed by atoms with Crippen LogP contribution in [-0.2, 0) is 4.74 Å². The average Bonchev–Trinajstić information content (AvgIpc) is 3.06. The Balaban J connectivity index is 2.17. The van der Waals surface area contributed by atoms with Gasteiger partial charge in [0.15, 0.2) is 5.78 Å². The fourth-order valence-electron chi connectivity index (χ4n) is 2.85. The number of esters is 1. The minimum atomic E-state index is -0.514.